The van der Waals surface area contributed by atoms with E-state index in [0.29, 0.717) is 37.6 Å². The van der Waals surface area contributed by atoms with Gasteiger partial charge in [-0.05, 0) is 43.3 Å². The third-order valence-corrected chi connectivity index (χ3v) is 6.97. The van der Waals surface area contributed by atoms with Crippen molar-refractivity contribution in [3.8, 4) is 11.4 Å². The number of hydrogen-bond acceptors (Lipinski definition) is 6. The number of hydrogen-bond donors (Lipinski definition) is 1. The first kappa shape index (κ1) is 21.2. The van der Waals surface area contributed by atoms with E-state index in [-0.39, 0.29) is 10.8 Å². The van der Waals surface area contributed by atoms with E-state index in [4.69, 9.17) is 4.74 Å². The van der Waals surface area contributed by atoms with Crippen molar-refractivity contribution in [2.45, 2.75) is 18.4 Å². The molecule has 0 aliphatic carbocycles. The van der Waals surface area contributed by atoms with Crippen molar-refractivity contribution in [1.82, 2.24) is 19.1 Å². The largest absolute Gasteiger partial charge is 0.379 e. The standard InChI is InChI=1S/C21H23N5O4S/c1-2-25-15-22-24-20(25)17-4-3-5-18(14-17)23-21(27)16-6-8-19(9-7-16)31(28,29)26-10-12-30-13-11-26/h3-9,14-15H,2,10-13H2,1H3,(H,23,27). The zero-order valence-electron chi connectivity index (χ0n) is 17.1. The average molecular weight is 442 g/mol. The number of sulfonamides is 1. The maximum atomic E-state index is 12.7. The minimum atomic E-state index is -3.59. The highest BCUT2D eigenvalue weighted by Gasteiger charge is 2.26. The number of carbonyl (C=O) groups excluding carboxylic acids is 1. The molecule has 1 saturated heterocycles. The third-order valence-electron chi connectivity index (χ3n) is 5.06. The molecule has 1 fully saturated rings. The summed E-state index contributed by atoms with van der Waals surface area (Å²) in [5.74, 6) is 0.390. The number of rotatable bonds is 6. The molecule has 0 bridgehead atoms. The predicted molar refractivity (Wildman–Crippen MR) is 115 cm³/mol. The SMILES string of the molecule is CCn1cnnc1-c1cccc(NC(=O)c2ccc(S(=O)(=O)N3CCOCC3)cc2)c1. The van der Waals surface area contributed by atoms with Gasteiger partial charge in [0.15, 0.2) is 5.82 Å². The van der Waals surface area contributed by atoms with Gasteiger partial charge in [-0.15, -0.1) is 10.2 Å². The minimum Gasteiger partial charge on any atom is -0.379 e. The van der Waals surface area contributed by atoms with Crippen molar-refractivity contribution in [3.05, 3.63) is 60.4 Å². The van der Waals surface area contributed by atoms with Crippen molar-refractivity contribution >= 4 is 21.6 Å². The fraction of sp³-hybridized carbons (Fsp3) is 0.286. The van der Waals surface area contributed by atoms with Gasteiger partial charge in [-0.1, -0.05) is 12.1 Å². The normalized spacial score (nSPS) is 15.0. The molecule has 0 radical (unpaired) electrons. The molecule has 0 saturated carbocycles. The first-order chi connectivity index (χ1) is 15.0. The molecule has 2 heterocycles. The Morgan fingerprint density at radius 1 is 1.13 bits per heavy atom. The first-order valence-electron chi connectivity index (χ1n) is 9.96. The number of benzene rings is 2. The second-order valence-electron chi connectivity index (χ2n) is 7.02. The van der Waals surface area contributed by atoms with E-state index in [1.807, 2.05) is 29.7 Å². The number of anilines is 1. The van der Waals surface area contributed by atoms with Crippen molar-refractivity contribution in [2.24, 2.45) is 0 Å². The molecule has 1 aromatic heterocycles. The second kappa shape index (κ2) is 8.96. The number of amides is 1. The van der Waals surface area contributed by atoms with Crippen LogP contribution in [0.15, 0.2) is 59.8 Å². The Balaban J connectivity index is 1.49. The molecule has 0 atom stereocenters. The summed E-state index contributed by atoms with van der Waals surface area (Å²) in [6.45, 7) is 4.15. The van der Waals surface area contributed by atoms with Crippen LogP contribution in [-0.2, 0) is 21.3 Å². The van der Waals surface area contributed by atoms with E-state index in [9.17, 15) is 13.2 Å². The Bertz CT molecular complexity index is 1170. The molecule has 10 heteroatoms. The van der Waals surface area contributed by atoms with Crippen LogP contribution in [0.5, 0.6) is 0 Å². The van der Waals surface area contributed by atoms with Crippen LogP contribution in [0.25, 0.3) is 11.4 Å². The molecule has 4 rings (SSSR count). The summed E-state index contributed by atoms with van der Waals surface area (Å²) in [5, 5.41) is 10.9. The quantitative estimate of drug-likeness (QED) is 0.629. The van der Waals surface area contributed by atoms with Crippen LogP contribution < -0.4 is 5.32 Å². The molecule has 9 nitrogen and oxygen atoms in total. The number of nitrogens with one attached hydrogen (secondary N) is 1. The van der Waals surface area contributed by atoms with E-state index >= 15 is 0 Å². The van der Waals surface area contributed by atoms with Crippen LogP contribution in [0.4, 0.5) is 5.69 Å². The number of carbonyl (C=O) groups is 1. The summed E-state index contributed by atoms with van der Waals surface area (Å²) in [6, 6.07) is 13.3. The molecule has 162 valence electrons. The molecule has 2 aromatic carbocycles. The molecule has 0 spiro atoms. The monoisotopic (exact) mass is 441 g/mol. The number of aromatic nitrogens is 3. The highest BCUT2D eigenvalue weighted by atomic mass is 32.2. The van der Waals surface area contributed by atoms with Gasteiger partial charge in [0.25, 0.3) is 5.91 Å². The van der Waals surface area contributed by atoms with Crippen molar-refractivity contribution in [2.75, 3.05) is 31.6 Å². The Hall–Kier alpha value is -3.08. The predicted octanol–water partition coefficient (Wildman–Crippen LogP) is 2.24. The summed E-state index contributed by atoms with van der Waals surface area (Å²) in [7, 11) is -3.59. The van der Waals surface area contributed by atoms with Crippen LogP contribution in [0, 0.1) is 0 Å². The zero-order chi connectivity index (χ0) is 21.8. The second-order valence-corrected chi connectivity index (χ2v) is 8.95. The van der Waals surface area contributed by atoms with E-state index in [1.165, 1.54) is 28.6 Å². The highest BCUT2D eigenvalue weighted by Crippen LogP contribution is 2.22. The summed E-state index contributed by atoms with van der Waals surface area (Å²) < 4.78 is 34.0. The van der Waals surface area contributed by atoms with Gasteiger partial charge >= 0.3 is 0 Å². The molecule has 31 heavy (non-hydrogen) atoms. The lowest BCUT2D eigenvalue weighted by atomic mass is 10.1. The Kier molecular flexibility index (Phi) is 6.12. The van der Waals surface area contributed by atoms with Crippen molar-refractivity contribution < 1.29 is 17.9 Å². The summed E-state index contributed by atoms with van der Waals surface area (Å²) in [6.07, 6.45) is 1.66. The minimum absolute atomic E-state index is 0.159. The van der Waals surface area contributed by atoms with E-state index in [0.717, 1.165) is 17.9 Å². The summed E-state index contributed by atoms with van der Waals surface area (Å²) in [4.78, 5) is 12.8. The maximum absolute atomic E-state index is 12.7. The van der Waals surface area contributed by atoms with Gasteiger partial charge in [-0.2, -0.15) is 4.31 Å². The van der Waals surface area contributed by atoms with Gasteiger partial charge in [0.05, 0.1) is 18.1 Å². The van der Waals surface area contributed by atoms with Crippen LogP contribution >= 0.6 is 0 Å². The molecule has 1 amide bonds. The molecule has 1 aliphatic rings. The summed E-state index contributed by atoms with van der Waals surface area (Å²) in [5.41, 5.74) is 1.81. The Morgan fingerprint density at radius 3 is 2.58 bits per heavy atom. The fourth-order valence-electron chi connectivity index (χ4n) is 3.36. The van der Waals surface area contributed by atoms with E-state index in [2.05, 4.69) is 15.5 Å². The Morgan fingerprint density at radius 2 is 1.87 bits per heavy atom. The topological polar surface area (TPSA) is 106 Å². The van der Waals surface area contributed by atoms with E-state index in [1.54, 1.807) is 12.4 Å². The van der Waals surface area contributed by atoms with Crippen LogP contribution in [0.2, 0.25) is 0 Å². The van der Waals surface area contributed by atoms with Crippen LogP contribution in [0.3, 0.4) is 0 Å². The van der Waals surface area contributed by atoms with Crippen LogP contribution in [-0.4, -0.2) is 59.7 Å². The highest BCUT2D eigenvalue weighted by molar-refractivity contribution is 7.89. The lowest BCUT2D eigenvalue weighted by Gasteiger charge is -2.26. The number of ether oxygens (including phenoxy) is 1. The number of morpholine rings is 1. The van der Waals surface area contributed by atoms with Gasteiger partial charge in [-0.3, -0.25) is 4.79 Å². The van der Waals surface area contributed by atoms with Gasteiger partial charge < -0.3 is 14.6 Å². The van der Waals surface area contributed by atoms with Gasteiger partial charge in [0.2, 0.25) is 10.0 Å². The molecule has 0 unspecified atom stereocenters. The molecular weight excluding hydrogens is 418 g/mol. The van der Waals surface area contributed by atoms with Gasteiger partial charge in [0, 0.05) is 36.4 Å². The van der Waals surface area contributed by atoms with Crippen molar-refractivity contribution in [3.63, 3.8) is 0 Å². The smallest absolute Gasteiger partial charge is 0.255 e. The lowest BCUT2D eigenvalue weighted by molar-refractivity contribution is 0.0730. The number of nitrogens with zero attached hydrogens (tertiary/aromatic N) is 4. The van der Waals surface area contributed by atoms with Gasteiger partial charge in [-0.25, -0.2) is 8.42 Å². The lowest BCUT2D eigenvalue weighted by Crippen LogP contribution is -2.40. The van der Waals surface area contributed by atoms with Gasteiger partial charge in [0.1, 0.15) is 6.33 Å². The summed E-state index contributed by atoms with van der Waals surface area (Å²) >= 11 is 0. The first-order valence-corrected chi connectivity index (χ1v) is 11.4. The fourth-order valence-corrected chi connectivity index (χ4v) is 4.77. The molecular formula is C21H23N5O4S. The zero-order valence-corrected chi connectivity index (χ0v) is 17.9. The van der Waals surface area contributed by atoms with E-state index < -0.39 is 10.0 Å². The van der Waals surface area contributed by atoms with Crippen molar-refractivity contribution in [1.29, 1.82) is 0 Å². The van der Waals surface area contributed by atoms with Crippen LogP contribution in [0.1, 0.15) is 17.3 Å². The molecule has 3 aromatic rings. The third kappa shape index (κ3) is 4.50. The average Bonchev–Trinajstić information content (AvgIpc) is 3.29. The molecule has 1 N–H and O–H groups in total. The Labute approximate surface area is 180 Å². The molecule has 1 aliphatic heterocycles. The maximum Gasteiger partial charge on any atom is 0.255 e. The number of aryl methyl sites for hydroxylation is 1.